The molecule has 4 rings (SSSR count). The molecule has 0 saturated carbocycles. The summed E-state index contributed by atoms with van der Waals surface area (Å²) >= 11 is 0. The molecule has 3 heterocycles. The van der Waals surface area contributed by atoms with Gasteiger partial charge in [-0.1, -0.05) is 19.1 Å². The van der Waals surface area contributed by atoms with Crippen LogP contribution in [0.2, 0.25) is 0 Å². The number of allylic oxidation sites excluding steroid dienone is 1. The Kier molecular flexibility index (Phi) is 5.01. The Bertz CT molecular complexity index is 1000. The Balaban J connectivity index is 1.90. The number of halogens is 2. The van der Waals surface area contributed by atoms with Crippen LogP contribution in [0.25, 0.3) is 0 Å². The highest BCUT2D eigenvalue weighted by molar-refractivity contribution is 6.02. The molecule has 148 valence electrons. The summed E-state index contributed by atoms with van der Waals surface area (Å²) in [6, 6.07) is 10.2. The summed E-state index contributed by atoms with van der Waals surface area (Å²) < 4.78 is 32.8. The number of aromatic nitrogens is 1. The lowest BCUT2D eigenvalue weighted by atomic mass is 9.93. The summed E-state index contributed by atoms with van der Waals surface area (Å²) in [6.45, 7) is 4.66. The molecule has 2 atom stereocenters. The van der Waals surface area contributed by atoms with Crippen molar-refractivity contribution >= 4 is 11.8 Å². The van der Waals surface area contributed by atoms with Crippen LogP contribution in [0.5, 0.6) is 0 Å². The van der Waals surface area contributed by atoms with Crippen molar-refractivity contribution in [1.29, 1.82) is 0 Å². The van der Waals surface area contributed by atoms with Gasteiger partial charge in [-0.25, -0.2) is 18.6 Å². The van der Waals surface area contributed by atoms with Crippen LogP contribution in [0.4, 0.5) is 8.78 Å². The van der Waals surface area contributed by atoms with E-state index < -0.39 is 23.6 Å². The van der Waals surface area contributed by atoms with Gasteiger partial charge in [0.25, 0.3) is 0 Å². The summed E-state index contributed by atoms with van der Waals surface area (Å²) in [7, 11) is 0. The van der Waals surface area contributed by atoms with E-state index in [1.807, 2.05) is 4.90 Å². The lowest BCUT2D eigenvalue weighted by molar-refractivity contribution is -0.139. The van der Waals surface area contributed by atoms with Crippen molar-refractivity contribution < 1.29 is 18.3 Å². The summed E-state index contributed by atoms with van der Waals surface area (Å²) in [6.07, 6.45) is 2.23. The van der Waals surface area contributed by atoms with Crippen molar-refractivity contribution in [3.8, 4) is 0 Å². The fraction of sp³-hybridized carbons (Fsp3) is 0.318. The minimum Gasteiger partial charge on any atom is -0.463 e. The molecule has 0 bridgehead atoms. The third-order valence-corrected chi connectivity index (χ3v) is 4.97. The van der Waals surface area contributed by atoms with Crippen molar-refractivity contribution in [1.82, 2.24) is 9.88 Å². The molecular weight excluding hydrogens is 376 g/mol. The van der Waals surface area contributed by atoms with Crippen LogP contribution in [0.3, 0.4) is 0 Å². The highest BCUT2D eigenvalue weighted by Gasteiger charge is 2.40. The number of esters is 1. The van der Waals surface area contributed by atoms with E-state index in [9.17, 15) is 13.6 Å². The minimum absolute atomic E-state index is 0.204. The molecule has 2 aliphatic rings. The van der Waals surface area contributed by atoms with Gasteiger partial charge < -0.3 is 9.64 Å². The van der Waals surface area contributed by atoms with Crippen molar-refractivity contribution in [3.05, 3.63) is 76.8 Å². The smallest absolute Gasteiger partial charge is 0.338 e. The van der Waals surface area contributed by atoms with E-state index in [1.54, 1.807) is 19.2 Å². The Morgan fingerprint density at radius 2 is 2.17 bits per heavy atom. The number of benzene rings is 1. The largest absolute Gasteiger partial charge is 0.463 e. The number of carbonyl (C=O) groups is 1. The van der Waals surface area contributed by atoms with E-state index in [-0.39, 0.29) is 12.5 Å². The van der Waals surface area contributed by atoms with E-state index in [0.29, 0.717) is 35.6 Å². The molecule has 29 heavy (non-hydrogen) atoms. The maximum Gasteiger partial charge on any atom is 0.338 e. The van der Waals surface area contributed by atoms with E-state index in [1.165, 1.54) is 6.07 Å². The van der Waals surface area contributed by atoms with Crippen LogP contribution in [0.15, 0.2) is 46.7 Å². The van der Waals surface area contributed by atoms with Gasteiger partial charge in [-0.15, -0.1) is 0 Å². The lowest BCUT2D eigenvalue weighted by Gasteiger charge is -2.31. The first-order valence-corrected chi connectivity index (χ1v) is 9.44. The van der Waals surface area contributed by atoms with E-state index in [0.717, 1.165) is 17.8 Å². The minimum atomic E-state index is -0.993. The molecule has 0 aliphatic carbocycles. The van der Waals surface area contributed by atoms with Crippen LogP contribution in [-0.4, -0.2) is 34.8 Å². The molecule has 0 amide bonds. The summed E-state index contributed by atoms with van der Waals surface area (Å²) in [5.74, 6) is -1.65. The van der Waals surface area contributed by atoms with Crippen LogP contribution >= 0.6 is 0 Å². The average Bonchev–Trinajstić information content (AvgIpc) is 3.10. The monoisotopic (exact) mass is 395 g/mol. The number of nitrogens with zero attached hydrogens (tertiary/aromatic N) is 3. The molecule has 1 aromatic carbocycles. The van der Waals surface area contributed by atoms with Gasteiger partial charge in [-0.3, -0.25) is 4.99 Å². The van der Waals surface area contributed by atoms with Crippen LogP contribution < -0.4 is 0 Å². The average molecular weight is 395 g/mol. The molecule has 2 aromatic rings. The molecule has 1 fully saturated rings. The normalized spacial score (nSPS) is 20.8. The zero-order chi connectivity index (χ0) is 20.5. The summed E-state index contributed by atoms with van der Waals surface area (Å²) in [5.41, 5.74) is 1.98. The standard InChI is InChI=1S/C22H19F2N3O2/c1-3-29-22(28)19-18-10-13(2)12-27(18)21(17-6-4-5-9-25-17)26-20(19)14-7-8-15(23)16(24)11-14/h5,7-9,11,13,20H,3,10,12H2,1-2H3/t13-,20-/m0/s1. The van der Waals surface area contributed by atoms with Crippen LogP contribution in [0.1, 0.15) is 37.6 Å². The number of rotatable bonds is 4. The SMILES string of the molecule is CCOC(=O)C1=C2C[C@H](C)CN2C(c2c#cccn2)=N[C@H]1c1ccc(F)c(F)c1. The van der Waals surface area contributed by atoms with E-state index in [2.05, 4.69) is 24.0 Å². The third-order valence-electron chi connectivity index (χ3n) is 4.97. The molecule has 5 nitrogen and oxygen atoms in total. The molecular formula is C22H19F2N3O2. The molecule has 0 N–H and O–H groups in total. The Morgan fingerprint density at radius 3 is 2.86 bits per heavy atom. The van der Waals surface area contributed by atoms with Crippen molar-refractivity contribution in [2.75, 3.05) is 13.2 Å². The van der Waals surface area contributed by atoms with E-state index >= 15 is 0 Å². The topological polar surface area (TPSA) is 54.8 Å². The second kappa shape index (κ2) is 7.63. The fourth-order valence-corrected chi connectivity index (χ4v) is 3.77. The Hall–Kier alpha value is -3.27. The number of ether oxygens (including phenoxy) is 1. The number of hydrogen-bond acceptors (Lipinski definition) is 5. The van der Waals surface area contributed by atoms with E-state index in [4.69, 9.17) is 9.73 Å². The van der Waals surface area contributed by atoms with Gasteiger partial charge in [0.05, 0.1) is 12.2 Å². The first-order valence-electron chi connectivity index (χ1n) is 9.44. The maximum absolute atomic E-state index is 14.0. The fourth-order valence-electron chi connectivity index (χ4n) is 3.77. The van der Waals surface area contributed by atoms with Gasteiger partial charge in [0.1, 0.15) is 6.04 Å². The second-order valence-corrected chi connectivity index (χ2v) is 7.09. The van der Waals surface area contributed by atoms with Gasteiger partial charge in [-0.05, 0) is 43.0 Å². The molecule has 1 saturated heterocycles. The first-order chi connectivity index (χ1) is 14.0. The zero-order valence-electron chi connectivity index (χ0n) is 16.1. The van der Waals surface area contributed by atoms with Gasteiger partial charge in [-0.2, -0.15) is 0 Å². The molecule has 1 aromatic heterocycles. The Labute approximate surface area is 167 Å². The summed E-state index contributed by atoms with van der Waals surface area (Å²) in [5, 5.41) is 0. The predicted octanol–water partition coefficient (Wildman–Crippen LogP) is 3.62. The maximum atomic E-state index is 14.0. The number of amidine groups is 1. The lowest BCUT2D eigenvalue weighted by Crippen LogP contribution is -2.36. The van der Waals surface area contributed by atoms with Gasteiger partial charge in [0.15, 0.2) is 23.2 Å². The first kappa shape index (κ1) is 19.1. The zero-order valence-corrected chi connectivity index (χ0v) is 16.1. The molecule has 0 spiro atoms. The number of hydrogen-bond donors (Lipinski definition) is 0. The van der Waals surface area contributed by atoms with Crippen molar-refractivity contribution in [2.45, 2.75) is 26.3 Å². The summed E-state index contributed by atoms with van der Waals surface area (Å²) in [4.78, 5) is 23.9. The molecule has 0 radical (unpaired) electrons. The third kappa shape index (κ3) is 3.46. The molecule has 2 aliphatic heterocycles. The number of fused-ring (bicyclic) bond motifs is 1. The van der Waals surface area contributed by atoms with Crippen molar-refractivity contribution in [3.63, 3.8) is 0 Å². The van der Waals surface area contributed by atoms with Gasteiger partial charge in [0, 0.05) is 24.5 Å². The van der Waals surface area contributed by atoms with Gasteiger partial charge in [0.2, 0.25) is 0 Å². The highest BCUT2D eigenvalue weighted by Crippen LogP contribution is 2.41. The quantitative estimate of drug-likeness (QED) is 0.742. The van der Waals surface area contributed by atoms with Crippen molar-refractivity contribution in [2.24, 2.45) is 10.9 Å². The van der Waals surface area contributed by atoms with Crippen LogP contribution in [-0.2, 0) is 9.53 Å². The number of aliphatic imine (C=N–C) groups is 1. The Morgan fingerprint density at radius 1 is 1.34 bits per heavy atom. The highest BCUT2D eigenvalue weighted by atomic mass is 19.2. The molecule has 7 heteroatoms. The number of carbonyl (C=O) groups excluding carboxylic acids is 1. The van der Waals surface area contributed by atoms with Gasteiger partial charge >= 0.3 is 5.97 Å². The molecule has 0 unspecified atom stereocenters. The van der Waals surface area contributed by atoms with Crippen LogP contribution in [0, 0.1) is 29.7 Å². The predicted molar refractivity (Wildman–Crippen MR) is 102 cm³/mol. The second-order valence-electron chi connectivity index (χ2n) is 7.09.